The molecule has 5 rings (SSSR count). The Kier molecular flexibility index (Phi) is 6.04. The van der Waals surface area contributed by atoms with Gasteiger partial charge in [0.25, 0.3) is 0 Å². The number of carbonyl (C=O) groups is 1. The van der Waals surface area contributed by atoms with Gasteiger partial charge >= 0.3 is 6.18 Å². The summed E-state index contributed by atoms with van der Waals surface area (Å²) in [6.07, 6.45) is 5.69. The molecule has 5 fully saturated rings. The van der Waals surface area contributed by atoms with Gasteiger partial charge in [0.15, 0.2) is 5.83 Å². The van der Waals surface area contributed by atoms with Crippen LogP contribution in [0.3, 0.4) is 0 Å². The van der Waals surface area contributed by atoms with E-state index in [1.54, 1.807) is 0 Å². The Labute approximate surface area is 162 Å². The van der Waals surface area contributed by atoms with E-state index in [2.05, 4.69) is 11.4 Å². The van der Waals surface area contributed by atoms with Crippen LogP contribution in [-0.4, -0.2) is 24.2 Å². The predicted octanol–water partition coefficient (Wildman–Crippen LogP) is 2.36. The van der Waals surface area contributed by atoms with Crippen molar-refractivity contribution in [3.8, 4) is 6.07 Å². The number of rotatable bonds is 3. The number of carbonyl (C=O) groups excluding carboxylic acids is 1. The maximum absolute atomic E-state index is 14.5. The third-order valence-electron chi connectivity index (χ3n) is 6.90. The van der Waals surface area contributed by atoms with E-state index in [9.17, 15) is 17.6 Å². The van der Waals surface area contributed by atoms with Crippen molar-refractivity contribution in [3.63, 3.8) is 0 Å². The van der Waals surface area contributed by atoms with Crippen molar-refractivity contribution < 1.29 is 32.8 Å². The highest BCUT2D eigenvalue weighted by molar-refractivity contribution is 5.70. The van der Waals surface area contributed by atoms with Crippen molar-refractivity contribution >= 4 is 5.97 Å². The summed E-state index contributed by atoms with van der Waals surface area (Å²) in [4.78, 5) is 8.78. The summed E-state index contributed by atoms with van der Waals surface area (Å²) in [6.45, 7) is 0.486. The Bertz CT molecular complexity index is 645. The van der Waals surface area contributed by atoms with E-state index in [1.807, 2.05) is 0 Å². The van der Waals surface area contributed by atoms with Gasteiger partial charge in [-0.3, -0.25) is 0 Å². The first-order valence-corrected chi connectivity index (χ1v) is 10.0. The van der Waals surface area contributed by atoms with E-state index >= 15 is 0 Å². The summed E-state index contributed by atoms with van der Waals surface area (Å²) >= 11 is 0. The van der Waals surface area contributed by atoms with Crippen molar-refractivity contribution in [2.24, 2.45) is 23.7 Å². The molecule has 0 radical (unpaired) electrons. The van der Waals surface area contributed by atoms with Crippen molar-refractivity contribution in [2.45, 2.75) is 69.5 Å². The van der Waals surface area contributed by atoms with Gasteiger partial charge in [0, 0.05) is 19.3 Å². The molecule has 5 saturated carbocycles. The highest BCUT2D eigenvalue weighted by atomic mass is 19.4. The summed E-state index contributed by atoms with van der Waals surface area (Å²) in [7, 11) is 0. The van der Waals surface area contributed by atoms with Crippen LogP contribution in [0.1, 0.15) is 57.8 Å². The number of hydrogen-bond donors (Lipinski definition) is 1. The lowest BCUT2D eigenvalue weighted by Crippen LogP contribution is -2.99. The Morgan fingerprint density at radius 3 is 2.11 bits per heavy atom. The zero-order valence-electron chi connectivity index (χ0n) is 15.7. The molecule has 4 bridgehead atoms. The normalized spacial score (nSPS) is 37.8. The van der Waals surface area contributed by atoms with Gasteiger partial charge in [0.1, 0.15) is 12.5 Å². The molecule has 5 aliphatic carbocycles. The number of nitrogens with two attached hydrogens (primary N) is 1. The molecule has 1 unspecified atom stereocenters. The summed E-state index contributed by atoms with van der Waals surface area (Å²) in [5.41, 5.74) is 1.16. The molecule has 8 heteroatoms. The Morgan fingerprint density at radius 1 is 1.18 bits per heavy atom. The molecule has 0 heterocycles. The van der Waals surface area contributed by atoms with Crippen LogP contribution in [0.25, 0.3) is 0 Å². The second-order valence-electron chi connectivity index (χ2n) is 8.98. The van der Waals surface area contributed by atoms with Gasteiger partial charge in [-0.1, -0.05) is 0 Å². The fourth-order valence-electron chi connectivity index (χ4n) is 6.18. The number of aliphatic carboxylic acids is 1. The lowest BCUT2D eigenvalue weighted by atomic mass is 9.53. The molecular weight excluding hydrogens is 376 g/mol. The Morgan fingerprint density at radius 2 is 1.68 bits per heavy atom. The fraction of sp³-hybridized carbons (Fsp3) is 0.800. The highest BCUT2D eigenvalue weighted by Gasteiger charge is 2.53. The third kappa shape index (κ3) is 4.68. The molecule has 0 aromatic heterocycles. The lowest BCUT2D eigenvalue weighted by Gasteiger charge is -2.54. The van der Waals surface area contributed by atoms with Crippen molar-refractivity contribution in [2.75, 3.05) is 6.54 Å². The molecule has 4 nitrogen and oxygen atoms in total. The minimum Gasteiger partial charge on any atom is -0.542 e. The van der Waals surface area contributed by atoms with Crippen LogP contribution in [0, 0.1) is 35.0 Å². The maximum Gasteiger partial charge on any atom is 0.430 e. The third-order valence-corrected chi connectivity index (χ3v) is 6.90. The summed E-state index contributed by atoms with van der Waals surface area (Å²) in [5, 5.41) is 20.2. The molecule has 0 saturated heterocycles. The van der Waals surface area contributed by atoms with Crippen LogP contribution in [0.4, 0.5) is 17.6 Å². The number of carboxylic acids is 1. The smallest absolute Gasteiger partial charge is 0.430 e. The number of alkyl halides is 3. The quantitative estimate of drug-likeness (QED) is 0.736. The Balaban J connectivity index is 0.000000279. The summed E-state index contributed by atoms with van der Waals surface area (Å²) in [6, 6.07) is 2.28. The van der Waals surface area contributed by atoms with Gasteiger partial charge < -0.3 is 15.2 Å². The van der Waals surface area contributed by atoms with Crippen molar-refractivity contribution in [1.82, 2.24) is 0 Å². The van der Waals surface area contributed by atoms with E-state index in [4.69, 9.17) is 15.2 Å². The SMILES string of the molecule is N#CC1CCC/C1=C(/F)C[NH2+]C12CC3CC(CC(C3)C1)C2.O=C([O-])C(F)(F)F. The van der Waals surface area contributed by atoms with E-state index < -0.39 is 12.1 Å². The van der Waals surface area contributed by atoms with Gasteiger partial charge in [0.2, 0.25) is 0 Å². The number of nitrogens with zero attached hydrogens (tertiary/aromatic N) is 1. The van der Waals surface area contributed by atoms with Gasteiger partial charge in [-0.15, -0.1) is 0 Å². The van der Waals surface area contributed by atoms with Crippen LogP contribution < -0.4 is 10.4 Å². The molecule has 0 spiro atoms. The minimum atomic E-state index is -5.19. The highest BCUT2D eigenvalue weighted by Crippen LogP contribution is 2.54. The van der Waals surface area contributed by atoms with Crippen molar-refractivity contribution in [3.05, 3.63) is 11.4 Å². The molecule has 1 atom stereocenters. The predicted molar refractivity (Wildman–Crippen MR) is 89.8 cm³/mol. The van der Waals surface area contributed by atoms with E-state index in [0.29, 0.717) is 12.1 Å². The first-order chi connectivity index (χ1) is 13.1. The molecule has 5 aliphatic rings. The van der Waals surface area contributed by atoms with E-state index in [0.717, 1.165) is 42.6 Å². The van der Waals surface area contributed by atoms with Crippen molar-refractivity contribution in [1.29, 1.82) is 5.26 Å². The molecule has 28 heavy (non-hydrogen) atoms. The number of hydrogen-bond acceptors (Lipinski definition) is 3. The largest absolute Gasteiger partial charge is 0.542 e. The number of nitriles is 1. The lowest BCUT2D eigenvalue weighted by molar-refractivity contribution is -0.734. The summed E-state index contributed by atoms with van der Waals surface area (Å²) < 4.78 is 46.1. The molecular formula is C20H26F4N2O2. The Hall–Kier alpha value is -1.62. The van der Waals surface area contributed by atoms with Gasteiger partial charge in [-0.2, -0.15) is 18.4 Å². The first kappa shape index (κ1) is 21.1. The molecule has 2 N–H and O–H groups in total. The molecule has 0 aromatic carbocycles. The second-order valence-corrected chi connectivity index (χ2v) is 8.98. The molecule has 0 aromatic rings. The van der Waals surface area contributed by atoms with Crippen LogP contribution >= 0.6 is 0 Å². The minimum absolute atomic E-state index is 0.0230. The van der Waals surface area contributed by atoms with Gasteiger partial charge in [0.05, 0.1) is 17.5 Å². The second kappa shape index (κ2) is 8.02. The fourth-order valence-corrected chi connectivity index (χ4v) is 6.18. The van der Waals surface area contributed by atoms with Gasteiger partial charge in [-0.05, 0) is 61.9 Å². The zero-order valence-corrected chi connectivity index (χ0v) is 15.7. The molecule has 0 amide bonds. The van der Waals surface area contributed by atoms with E-state index in [-0.39, 0.29) is 11.7 Å². The topological polar surface area (TPSA) is 80.5 Å². The van der Waals surface area contributed by atoms with Crippen LogP contribution in [0.15, 0.2) is 11.4 Å². The number of allylic oxidation sites excluding steroid dienone is 1. The van der Waals surface area contributed by atoms with Gasteiger partial charge in [-0.25, -0.2) is 4.39 Å². The monoisotopic (exact) mass is 402 g/mol. The molecule has 0 aliphatic heterocycles. The standard InChI is InChI=1S/C18H25FN2.C2HF3O2/c19-17(16-3-1-2-15(16)10-20)11-21-18-7-12-4-13(8-18)6-14(5-12)9-18;3-2(4,5)1(6)7/h12-15,21H,1-9,11H2;(H,6,7)/b17-16-;. The summed E-state index contributed by atoms with van der Waals surface area (Å²) in [5.74, 6) is -0.373. The number of quaternary nitrogens is 1. The first-order valence-electron chi connectivity index (χ1n) is 10.0. The maximum atomic E-state index is 14.5. The van der Waals surface area contributed by atoms with Crippen LogP contribution in [0.5, 0.6) is 0 Å². The average molecular weight is 402 g/mol. The van der Waals surface area contributed by atoms with Crippen LogP contribution in [-0.2, 0) is 4.79 Å². The van der Waals surface area contributed by atoms with Crippen LogP contribution in [0.2, 0.25) is 0 Å². The number of carboxylic acid groups (broad SMARTS) is 1. The average Bonchev–Trinajstić information content (AvgIpc) is 3.07. The molecule has 156 valence electrons. The van der Waals surface area contributed by atoms with E-state index in [1.165, 1.54) is 38.5 Å². The number of halogens is 4. The zero-order chi connectivity index (χ0) is 20.5.